The topological polar surface area (TPSA) is 66.9 Å². The third-order valence-electron chi connectivity index (χ3n) is 6.27. The number of piperidine rings is 1. The molecule has 0 spiro atoms. The van der Waals surface area contributed by atoms with Gasteiger partial charge in [0.05, 0.1) is 10.8 Å². The predicted molar refractivity (Wildman–Crippen MR) is 136 cm³/mol. The summed E-state index contributed by atoms with van der Waals surface area (Å²) in [6, 6.07) is 23.5. The van der Waals surface area contributed by atoms with E-state index in [1.807, 2.05) is 78.2 Å². The molecule has 0 N–H and O–H groups in total. The van der Waals surface area contributed by atoms with E-state index in [0.29, 0.717) is 43.9 Å². The highest BCUT2D eigenvalue weighted by molar-refractivity contribution is 7.12. The first-order chi connectivity index (χ1) is 17.1. The standard InChI is InChI=1S/C28H30N2O4S/c31-26(30(20-23-10-5-2-6-11-23)16-13-22-8-3-1-4-9-22)21-34-28(33)24-14-17-29(18-15-24)27(32)25-12-7-19-35-25/h1-12,19,24H,13-18,20-21H2. The van der Waals surface area contributed by atoms with Crippen molar-refractivity contribution in [2.45, 2.75) is 25.8 Å². The highest BCUT2D eigenvalue weighted by Crippen LogP contribution is 2.22. The molecule has 0 radical (unpaired) electrons. The maximum Gasteiger partial charge on any atom is 0.309 e. The third-order valence-corrected chi connectivity index (χ3v) is 7.13. The molecule has 0 atom stereocenters. The second-order valence-electron chi connectivity index (χ2n) is 8.69. The fourth-order valence-electron chi connectivity index (χ4n) is 4.22. The zero-order valence-electron chi connectivity index (χ0n) is 19.7. The lowest BCUT2D eigenvalue weighted by Gasteiger charge is -2.30. The molecule has 2 amide bonds. The van der Waals surface area contributed by atoms with Crippen LogP contribution in [-0.4, -0.2) is 53.8 Å². The van der Waals surface area contributed by atoms with Crippen LogP contribution in [0.1, 0.15) is 33.6 Å². The second kappa shape index (κ2) is 12.3. The Balaban J connectivity index is 1.28. The summed E-state index contributed by atoms with van der Waals surface area (Å²) in [6.07, 6.45) is 1.82. The molecule has 35 heavy (non-hydrogen) atoms. The summed E-state index contributed by atoms with van der Waals surface area (Å²) in [7, 11) is 0. The SMILES string of the molecule is O=C(OCC(=O)N(CCc1ccccc1)Cc1ccccc1)C1CCN(C(=O)c2cccs2)CC1. The van der Waals surface area contributed by atoms with Gasteiger partial charge < -0.3 is 14.5 Å². The monoisotopic (exact) mass is 490 g/mol. The van der Waals surface area contributed by atoms with Crippen molar-refractivity contribution in [3.05, 3.63) is 94.2 Å². The van der Waals surface area contributed by atoms with Crippen LogP contribution in [0.25, 0.3) is 0 Å². The Morgan fingerprint density at radius 1 is 0.886 bits per heavy atom. The molecule has 4 rings (SSSR count). The Morgan fingerprint density at radius 3 is 2.17 bits per heavy atom. The Hall–Kier alpha value is -3.45. The molecule has 2 aromatic carbocycles. The number of carbonyl (C=O) groups excluding carboxylic acids is 3. The summed E-state index contributed by atoms with van der Waals surface area (Å²) < 4.78 is 5.45. The van der Waals surface area contributed by atoms with Crippen LogP contribution in [0.2, 0.25) is 0 Å². The van der Waals surface area contributed by atoms with Crippen molar-refractivity contribution >= 4 is 29.1 Å². The van der Waals surface area contributed by atoms with Crippen molar-refractivity contribution < 1.29 is 19.1 Å². The lowest BCUT2D eigenvalue weighted by molar-refractivity contribution is -0.156. The third kappa shape index (κ3) is 7.02. The molecule has 1 aliphatic heterocycles. The summed E-state index contributed by atoms with van der Waals surface area (Å²) in [6.45, 7) is 1.77. The fourth-order valence-corrected chi connectivity index (χ4v) is 4.91. The normalized spacial score (nSPS) is 13.9. The average Bonchev–Trinajstić information content (AvgIpc) is 3.45. The Kier molecular flexibility index (Phi) is 8.68. The van der Waals surface area contributed by atoms with Gasteiger partial charge in [0.1, 0.15) is 0 Å². The first-order valence-corrected chi connectivity index (χ1v) is 12.8. The molecule has 0 aliphatic carbocycles. The summed E-state index contributed by atoms with van der Waals surface area (Å²) in [5, 5.41) is 1.88. The van der Waals surface area contributed by atoms with E-state index in [0.717, 1.165) is 17.5 Å². The van der Waals surface area contributed by atoms with Gasteiger partial charge in [-0.05, 0) is 41.8 Å². The molecule has 1 aliphatic rings. The lowest BCUT2D eigenvalue weighted by Crippen LogP contribution is -2.41. The molecule has 7 heteroatoms. The van der Waals surface area contributed by atoms with E-state index in [4.69, 9.17) is 4.74 Å². The van der Waals surface area contributed by atoms with Gasteiger partial charge in [-0.15, -0.1) is 11.3 Å². The Labute approximate surface area is 210 Å². The number of carbonyl (C=O) groups is 3. The Bertz CT molecular complexity index is 1090. The lowest BCUT2D eigenvalue weighted by atomic mass is 9.97. The van der Waals surface area contributed by atoms with Crippen molar-refractivity contribution in [1.29, 1.82) is 0 Å². The highest BCUT2D eigenvalue weighted by atomic mass is 32.1. The van der Waals surface area contributed by atoms with Gasteiger partial charge in [-0.2, -0.15) is 0 Å². The molecule has 1 aromatic heterocycles. The van der Waals surface area contributed by atoms with Crippen LogP contribution >= 0.6 is 11.3 Å². The van der Waals surface area contributed by atoms with Crippen LogP contribution in [0.15, 0.2) is 78.2 Å². The Morgan fingerprint density at radius 2 is 1.54 bits per heavy atom. The fraction of sp³-hybridized carbons (Fsp3) is 0.321. The van der Waals surface area contributed by atoms with E-state index in [9.17, 15) is 14.4 Å². The van der Waals surface area contributed by atoms with Crippen molar-refractivity contribution in [2.75, 3.05) is 26.2 Å². The van der Waals surface area contributed by atoms with Crippen molar-refractivity contribution in [3.63, 3.8) is 0 Å². The molecule has 0 unspecified atom stereocenters. The zero-order chi connectivity index (χ0) is 24.5. The number of thiophene rings is 1. The van der Waals surface area contributed by atoms with Crippen molar-refractivity contribution in [1.82, 2.24) is 9.80 Å². The molecular formula is C28H30N2O4S. The minimum Gasteiger partial charge on any atom is -0.455 e. The van der Waals surface area contributed by atoms with Crippen LogP contribution in [0.3, 0.4) is 0 Å². The van der Waals surface area contributed by atoms with Crippen molar-refractivity contribution in [3.8, 4) is 0 Å². The van der Waals surface area contributed by atoms with Gasteiger partial charge in [0.2, 0.25) is 0 Å². The maximum absolute atomic E-state index is 13.0. The number of hydrogen-bond acceptors (Lipinski definition) is 5. The van der Waals surface area contributed by atoms with E-state index >= 15 is 0 Å². The molecule has 0 saturated carbocycles. The van der Waals surface area contributed by atoms with Crippen LogP contribution in [-0.2, 0) is 27.3 Å². The molecule has 0 bridgehead atoms. The molecular weight excluding hydrogens is 460 g/mol. The average molecular weight is 491 g/mol. The minimum atomic E-state index is -0.357. The van der Waals surface area contributed by atoms with Crippen LogP contribution < -0.4 is 0 Å². The first-order valence-electron chi connectivity index (χ1n) is 11.9. The largest absolute Gasteiger partial charge is 0.455 e. The molecule has 6 nitrogen and oxygen atoms in total. The number of amides is 2. The van der Waals surface area contributed by atoms with Crippen molar-refractivity contribution in [2.24, 2.45) is 5.92 Å². The predicted octanol–water partition coefficient (Wildman–Crippen LogP) is 4.42. The van der Waals surface area contributed by atoms with E-state index in [1.54, 1.807) is 9.80 Å². The number of ether oxygens (including phenoxy) is 1. The van der Waals surface area contributed by atoms with E-state index in [1.165, 1.54) is 11.3 Å². The number of rotatable bonds is 9. The highest BCUT2D eigenvalue weighted by Gasteiger charge is 2.29. The summed E-state index contributed by atoms with van der Waals surface area (Å²) in [5.41, 5.74) is 2.18. The van der Waals surface area contributed by atoms with Gasteiger partial charge in [0.25, 0.3) is 11.8 Å². The smallest absolute Gasteiger partial charge is 0.309 e. The number of esters is 1. The van der Waals surface area contributed by atoms with Crippen LogP contribution in [0, 0.1) is 5.92 Å². The minimum absolute atomic E-state index is 0.0111. The summed E-state index contributed by atoms with van der Waals surface area (Å²) in [5.74, 6) is -0.841. The second-order valence-corrected chi connectivity index (χ2v) is 9.64. The van der Waals surface area contributed by atoms with Gasteiger partial charge in [-0.25, -0.2) is 0 Å². The van der Waals surface area contributed by atoms with Gasteiger partial charge in [-0.3, -0.25) is 14.4 Å². The van der Waals surface area contributed by atoms with Crippen LogP contribution in [0.4, 0.5) is 0 Å². The van der Waals surface area contributed by atoms with E-state index in [-0.39, 0.29) is 30.3 Å². The van der Waals surface area contributed by atoms with Gasteiger partial charge in [0, 0.05) is 26.2 Å². The first kappa shape index (κ1) is 24.7. The molecule has 182 valence electrons. The van der Waals surface area contributed by atoms with Gasteiger partial charge >= 0.3 is 5.97 Å². The summed E-state index contributed by atoms with van der Waals surface area (Å²) >= 11 is 1.42. The number of benzene rings is 2. The molecule has 3 aromatic rings. The molecule has 1 saturated heterocycles. The van der Waals surface area contributed by atoms with Crippen LogP contribution in [0.5, 0.6) is 0 Å². The number of likely N-dealkylation sites (tertiary alicyclic amines) is 1. The van der Waals surface area contributed by atoms with Gasteiger partial charge in [-0.1, -0.05) is 66.7 Å². The summed E-state index contributed by atoms with van der Waals surface area (Å²) in [4.78, 5) is 42.5. The zero-order valence-corrected chi connectivity index (χ0v) is 20.5. The molecule has 1 fully saturated rings. The number of hydrogen-bond donors (Lipinski definition) is 0. The van der Waals surface area contributed by atoms with E-state index < -0.39 is 0 Å². The maximum atomic E-state index is 13.0. The van der Waals surface area contributed by atoms with E-state index in [2.05, 4.69) is 0 Å². The quantitative estimate of drug-likeness (QED) is 0.417. The molecule has 2 heterocycles. The number of nitrogens with zero attached hydrogens (tertiary/aromatic N) is 2. The van der Waals surface area contributed by atoms with Gasteiger partial charge in [0.15, 0.2) is 6.61 Å².